The minimum absolute atomic E-state index is 0.186. The van der Waals surface area contributed by atoms with Gasteiger partial charge in [-0.15, -0.1) is 0 Å². The molecule has 21 heavy (non-hydrogen) atoms. The summed E-state index contributed by atoms with van der Waals surface area (Å²) in [6, 6.07) is 17.9. The van der Waals surface area contributed by atoms with E-state index in [1.54, 1.807) is 0 Å². The molecule has 2 aromatic rings. The van der Waals surface area contributed by atoms with Crippen molar-refractivity contribution in [2.24, 2.45) is 5.73 Å². The van der Waals surface area contributed by atoms with Crippen LogP contribution in [0.15, 0.2) is 54.6 Å². The van der Waals surface area contributed by atoms with E-state index in [1.807, 2.05) is 42.5 Å². The minimum Gasteiger partial charge on any atom is -0.490 e. The predicted molar refractivity (Wildman–Crippen MR) is 85.6 cm³/mol. The first-order valence-corrected chi connectivity index (χ1v) is 7.45. The Bertz CT molecular complexity index is 511. The van der Waals surface area contributed by atoms with Crippen molar-refractivity contribution < 1.29 is 9.47 Å². The summed E-state index contributed by atoms with van der Waals surface area (Å²) in [5.74, 6) is 1.71. The molecule has 2 rings (SSSR count). The van der Waals surface area contributed by atoms with Crippen LogP contribution in [0.1, 0.15) is 25.3 Å². The Balaban J connectivity index is 1.87. The van der Waals surface area contributed by atoms with E-state index in [0.717, 1.165) is 29.9 Å². The van der Waals surface area contributed by atoms with Crippen LogP contribution in [-0.4, -0.2) is 12.6 Å². The number of rotatable bonds is 8. The van der Waals surface area contributed by atoms with Crippen molar-refractivity contribution in [2.75, 3.05) is 6.54 Å². The average Bonchev–Trinajstić information content (AvgIpc) is 2.54. The van der Waals surface area contributed by atoms with Crippen molar-refractivity contribution in [3.63, 3.8) is 0 Å². The van der Waals surface area contributed by atoms with E-state index in [0.29, 0.717) is 13.2 Å². The number of ether oxygens (including phenoxy) is 2. The van der Waals surface area contributed by atoms with Crippen molar-refractivity contribution in [3.05, 3.63) is 60.2 Å². The second-order valence-corrected chi connectivity index (χ2v) is 4.97. The summed E-state index contributed by atoms with van der Waals surface area (Å²) in [6.07, 6.45) is 2.03. The zero-order valence-corrected chi connectivity index (χ0v) is 12.5. The lowest BCUT2D eigenvalue weighted by Gasteiger charge is -2.17. The van der Waals surface area contributed by atoms with Gasteiger partial charge in [-0.25, -0.2) is 0 Å². The molecule has 0 aliphatic rings. The van der Waals surface area contributed by atoms with Gasteiger partial charge in [0.25, 0.3) is 0 Å². The van der Waals surface area contributed by atoms with Gasteiger partial charge in [-0.3, -0.25) is 0 Å². The van der Waals surface area contributed by atoms with Gasteiger partial charge in [-0.2, -0.15) is 0 Å². The van der Waals surface area contributed by atoms with Gasteiger partial charge in [0.1, 0.15) is 18.1 Å². The van der Waals surface area contributed by atoms with E-state index < -0.39 is 0 Å². The molecule has 0 aliphatic carbocycles. The fraction of sp³-hybridized carbons (Fsp3) is 0.333. The molecule has 2 aromatic carbocycles. The number of benzene rings is 2. The molecule has 3 nitrogen and oxygen atoms in total. The lowest BCUT2D eigenvalue weighted by molar-refractivity contribution is 0.189. The highest BCUT2D eigenvalue weighted by Crippen LogP contribution is 2.20. The first-order chi connectivity index (χ1) is 10.3. The molecule has 0 aromatic heterocycles. The fourth-order valence-electron chi connectivity index (χ4n) is 2.08. The maximum Gasteiger partial charge on any atom is 0.120 e. The Morgan fingerprint density at radius 2 is 1.62 bits per heavy atom. The van der Waals surface area contributed by atoms with Crippen molar-refractivity contribution in [2.45, 2.75) is 32.5 Å². The highest BCUT2D eigenvalue weighted by atomic mass is 16.5. The maximum atomic E-state index is 5.89. The molecule has 1 atom stereocenters. The van der Waals surface area contributed by atoms with Gasteiger partial charge in [0.15, 0.2) is 0 Å². The van der Waals surface area contributed by atoms with E-state index in [1.165, 1.54) is 0 Å². The highest BCUT2D eigenvalue weighted by molar-refractivity contribution is 5.31. The van der Waals surface area contributed by atoms with Crippen molar-refractivity contribution in [3.8, 4) is 11.5 Å². The molecule has 0 heterocycles. The number of hydrogen-bond acceptors (Lipinski definition) is 3. The lowest BCUT2D eigenvalue weighted by Crippen LogP contribution is -2.19. The summed E-state index contributed by atoms with van der Waals surface area (Å²) >= 11 is 0. The van der Waals surface area contributed by atoms with Crippen LogP contribution in [0, 0.1) is 0 Å². The summed E-state index contributed by atoms with van der Waals surface area (Å²) in [5.41, 5.74) is 6.74. The summed E-state index contributed by atoms with van der Waals surface area (Å²) in [6.45, 7) is 3.33. The van der Waals surface area contributed by atoms with Crippen LogP contribution in [0.25, 0.3) is 0 Å². The molecule has 0 radical (unpaired) electrons. The molecule has 0 bridgehead atoms. The van der Waals surface area contributed by atoms with Crippen molar-refractivity contribution in [1.82, 2.24) is 0 Å². The molecule has 0 saturated carbocycles. The second-order valence-electron chi connectivity index (χ2n) is 4.97. The molecule has 1 unspecified atom stereocenters. The Morgan fingerprint density at radius 1 is 0.952 bits per heavy atom. The SMILES string of the molecule is CCC(CCN)Oc1ccc(OCc2ccccc2)cc1. The van der Waals surface area contributed by atoms with Crippen LogP contribution in [0.2, 0.25) is 0 Å². The normalized spacial score (nSPS) is 11.9. The largest absolute Gasteiger partial charge is 0.490 e. The van der Waals surface area contributed by atoms with Crippen LogP contribution in [0.5, 0.6) is 11.5 Å². The van der Waals surface area contributed by atoms with Crippen LogP contribution >= 0.6 is 0 Å². The first kappa shape index (κ1) is 15.4. The molecule has 3 heteroatoms. The third-order valence-corrected chi connectivity index (χ3v) is 3.32. The van der Waals surface area contributed by atoms with Gasteiger partial charge >= 0.3 is 0 Å². The van der Waals surface area contributed by atoms with Gasteiger partial charge < -0.3 is 15.2 Å². The number of nitrogens with two attached hydrogens (primary N) is 1. The van der Waals surface area contributed by atoms with Crippen LogP contribution in [0.4, 0.5) is 0 Å². The van der Waals surface area contributed by atoms with Gasteiger partial charge in [0, 0.05) is 0 Å². The standard InChI is InChI=1S/C18H23NO2/c1-2-16(12-13-19)21-18-10-8-17(9-11-18)20-14-15-6-4-3-5-7-15/h3-11,16H,2,12-14,19H2,1H3. The first-order valence-electron chi connectivity index (χ1n) is 7.45. The Hall–Kier alpha value is -2.00. The molecule has 0 aliphatic heterocycles. The molecule has 0 fully saturated rings. The number of hydrogen-bond donors (Lipinski definition) is 1. The third kappa shape index (κ3) is 5.12. The summed E-state index contributed by atoms with van der Waals surface area (Å²) in [7, 11) is 0. The van der Waals surface area contributed by atoms with E-state index in [2.05, 4.69) is 19.1 Å². The quantitative estimate of drug-likeness (QED) is 0.803. The zero-order valence-electron chi connectivity index (χ0n) is 12.5. The molecule has 112 valence electrons. The van der Waals surface area contributed by atoms with Gasteiger partial charge in [0.2, 0.25) is 0 Å². The predicted octanol–water partition coefficient (Wildman–Crippen LogP) is 3.77. The van der Waals surface area contributed by atoms with E-state index in [-0.39, 0.29) is 6.10 Å². The summed E-state index contributed by atoms with van der Waals surface area (Å²) in [5, 5.41) is 0. The molecule has 0 amide bonds. The Labute approximate surface area is 126 Å². The van der Waals surface area contributed by atoms with E-state index >= 15 is 0 Å². The Kier molecular flexibility index (Phi) is 6.10. The highest BCUT2D eigenvalue weighted by Gasteiger charge is 2.07. The average molecular weight is 285 g/mol. The fourth-order valence-corrected chi connectivity index (χ4v) is 2.08. The molecule has 2 N–H and O–H groups in total. The zero-order chi connectivity index (χ0) is 14.9. The van der Waals surface area contributed by atoms with Crippen molar-refractivity contribution in [1.29, 1.82) is 0 Å². The topological polar surface area (TPSA) is 44.5 Å². The van der Waals surface area contributed by atoms with Gasteiger partial charge in [0.05, 0.1) is 6.10 Å². The smallest absolute Gasteiger partial charge is 0.120 e. The summed E-state index contributed by atoms with van der Waals surface area (Å²) in [4.78, 5) is 0. The summed E-state index contributed by atoms with van der Waals surface area (Å²) < 4.78 is 11.6. The van der Waals surface area contributed by atoms with Crippen LogP contribution in [-0.2, 0) is 6.61 Å². The van der Waals surface area contributed by atoms with Crippen LogP contribution in [0.3, 0.4) is 0 Å². The van der Waals surface area contributed by atoms with E-state index in [9.17, 15) is 0 Å². The van der Waals surface area contributed by atoms with Gasteiger partial charge in [-0.05, 0) is 49.2 Å². The molecule has 0 spiro atoms. The third-order valence-electron chi connectivity index (χ3n) is 3.32. The molecular weight excluding hydrogens is 262 g/mol. The lowest BCUT2D eigenvalue weighted by atomic mass is 10.2. The molecule has 0 saturated heterocycles. The Morgan fingerprint density at radius 3 is 2.24 bits per heavy atom. The minimum atomic E-state index is 0.186. The van der Waals surface area contributed by atoms with Crippen LogP contribution < -0.4 is 15.2 Å². The van der Waals surface area contributed by atoms with E-state index in [4.69, 9.17) is 15.2 Å². The maximum absolute atomic E-state index is 5.89. The monoisotopic (exact) mass is 285 g/mol. The van der Waals surface area contributed by atoms with Crippen molar-refractivity contribution >= 4 is 0 Å². The van der Waals surface area contributed by atoms with Gasteiger partial charge in [-0.1, -0.05) is 37.3 Å². The molecular formula is C18H23NO2. The second kappa shape index (κ2) is 8.32.